The van der Waals surface area contributed by atoms with Crippen LogP contribution < -0.4 is 11.3 Å². The zero-order chi connectivity index (χ0) is 22.0. The molecule has 2 aromatic heterocycles. The van der Waals surface area contributed by atoms with Crippen LogP contribution in [-0.4, -0.2) is 50.9 Å². The lowest BCUT2D eigenvalue weighted by molar-refractivity contribution is -0.131. The Morgan fingerprint density at radius 2 is 2.03 bits per heavy atom. The van der Waals surface area contributed by atoms with Crippen LogP contribution in [0.3, 0.4) is 0 Å². The molecule has 0 saturated carbocycles. The van der Waals surface area contributed by atoms with E-state index in [4.69, 9.17) is 10.5 Å². The van der Waals surface area contributed by atoms with Gasteiger partial charge in [-0.05, 0) is 50.0 Å². The van der Waals surface area contributed by atoms with E-state index in [0.29, 0.717) is 22.1 Å². The number of nitrogen functional groups attached to an aromatic ring is 1. The average molecular weight is 442 g/mol. The molecule has 31 heavy (non-hydrogen) atoms. The standard InChI is InChI=1S/C21H23N5O4S/c1-2-30-16-11-13(6-7-15(16)27)10-14-19(22)26-21(23-20(14)29)31-17(24-26)12-18(28)25-8-4-3-5-9-25/h6-7,10-11H,2-5,8-9,12,22H2,1H3. The minimum atomic E-state index is -0.501. The maximum Gasteiger partial charge on any atom is 0.283 e. The first kappa shape index (κ1) is 21.0. The highest BCUT2D eigenvalue weighted by Crippen LogP contribution is 2.22. The first-order valence-electron chi connectivity index (χ1n) is 10.2. The van der Waals surface area contributed by atoms with Gasteiger partial charge < -0.3 is 15.4 Å². The fourth-order valence-corrected chi connectivity index (χ4v) is 4.45. The molecule has 1 saturated heterocycles. The van der Waals surface area contributed by atoms with Gasteiger partial charge in [0.1, 0.15) is 10.8 Å². The first-order valence-corrected chi connectivity index (χ1v) is 11.0. The molecule has 3 heterocycles. The summed E-state index contributed by atoms with van der Waals surface area (Å²) < 4.78 is 6.72. The van der Waals surface area contributed by atoms with Gasteiger partial charge in [0.15, 0.2) is 5.76 Å². The molecular formula is C21H23N5O4S. The third kappa shape index (κ3) is 4.43. The predicted molar refractivity (Wildman–Crippen MR) is 118 cm³/mol. The molecule has 0 spiro atoms. The van der Waals surface area contributed by atoms with Gasteiger partial charge in [0.2, 0.25) is 16.7 Å². The number of carbonyl (C=O) groups excluding carboxylic acids is 2. The molecule has 2 aromatic rings. The molecule has 2 aliphatic rings. The van der Waals surface area contributed by atoms with Crippen molar-refractivity contribution in [1.82, 2.24) is 19.5 Å². The van der Waals surface area contributed by atoms with Gasteiger partial charge in [-0.2, -0.15) is 14.6 Å². The molecule has 0 aromatic carbocycles. The van der Waals surface area contributed by atoms with Gasteiger partial charge in [-0.3, -0.25) is 14.4 Å². The number of rotatable bonds is 5. The lowest BCUT2D eigenvalue weighted by Gasteiger charge is -2.26. The number of aromatic nitrogens is 3. The number of carbonyl (C=O) groups is 2. The smallest absolute Gasteiger partial charge is 0.283 e. The summed E-state index contributed by atoms with van der Waals surface area (Å²) in [5, 5.41) is 4.97. The molecule has 1 aliphatic heterocycles. The van der Waals surface area contributed by atoms with Gasteiger partial charge in [0.05, 0.1) is 18.6 Å². The van der Waals surface area contributed by atoms with Crippen LogP contribution in [0.15, 0.2) is 34.4 Å². The van der Waals surface area contributed by atoms with E-state index in [-0.39, 0.29) is 35.3 Å². The van der Waals surface area contributed by atoms with Crippen LogP contribution in [0.4, 0.5) is 5.82 Å². The Morgan fingerprint density at radius 1 is 1.26 bits per heavy atom. The SMILES string of the molecule is CCOC1=CC(=Cc2c(N)n3nc(CC(=O)N4CCCCC4)sc3nc2=O)C=CC1=O. The molecule has 162 valence electrons. The number of nitrogens with zero attached hydrogens (tertiary/aromatic N) is 4. The Balaban J connectivity index is 1.64. The van der Waals surface area contributed by atoms with Crippen molar-refractivity contribution < 1.29 is 14.3 Å². The van der Waals surface area contributed by atoms with Crippen molar-refractivity contribution in [2.24, 2.45) is 0 Å². The molecule has 2 N–H and O–H groups in total. The second-order valence-corrected chi connectivity index (χ2v) is 8.35. The van der Waals surface area contributed by atoms with Gasteiger partial charge in [-0.1, -0.05) is 17.4 Å². The number of likely N-dealkylation sites (tertiary alicyclic amines) is 1. The fraction of sp³-hybridized carbons (Fsp3) is 0.381. The van der Waals surface area contributed by atoms with Gasteiger partial charge in [0.25, 0.3) is 5.56 Å². The molecule has 4 rings (SSSR count). The molecule has 1 fully saturated rings. The van der Waals surface area contributed by atoms with E-state index in [1.54, 1.807) is 25.2 Å². The van der Waals surface area contributed by atoms with Crippen LogP contribution in [-0.2, 0) is 20.7 Å². The molecule has 9 nitrogen and oxygen atoms in total. The average Bonchev–Trinajstić information content (AvgIpc) is 3.16. The topological polar surface area (TPSA) is 120 Å². The molecule has 0 bridgehead atoms. The van der Waals surface area contributed by atoms with E-state index in [2.05, 4.69) is 10.1 Å². The molecule has 1 amide bonds. The monoisotopic (exact) mass is 441 g/mol. The summed E-state index contributed by atoms with van der Waals surface area (Å²) in [6.45, 7) is 3.68. The molecule has 0 atom stereocenters. The Labute approximate surface area is 182 Å². The molecule has 0 radical (unpaired) electrons. The summed E-state index contributed by atoms with van der Waals surface area (Å²) >= 11 is 1.18. The summed E-state index contributed by atoms with van der Waals surface area (Å²) in [7, 11) is 0. The fourth-order valence-electron chi connectivity index (χ4n) is 3.56. The van der Waals surface area contributed by atoms with Gasteiger partial charge in [-0.25, -0.2) is 0 Å². The van der Waals surface area contributed by atoms with Crippen molar-refractivity contribution in [1.29, 1.82) is 0 Å². The Kier molecular flexibility index (Phi) is 5.99. The summed E-state index contributed by atoms with van der Waals surface area (Å²) in [6.07, 6.45) is 9.42. The van der Waals surface area contributed by atoms with Crippen molar-refractivity contribution in [2.75, 3.05) is 25.4 Å². The van der Waals surface area contributed by atoms with E-state index >= 15 is 0 Å². The number of hydrogen-bond donors (Lipinski definition) is 1. The van der Waals surface area contributed by atoms with Crippen molar-refractivity contribution in [3.63, 3.8) is 0 Å². The Morgan fingerprint density at radius 3 is 2.77 bits per heavy atom. The van der Waals surface area contributed by atoms with Crippen molar-refractivity contribution in [3.05, 3.63) is 50.5 Å². The van der Waals surface area contributed by atoms with Crippen molar-refractivity contribution in [2.45, 2.75) is 32.6 Å². The normalized spacial score (nSPS) is 18.0. The highest BCUT2D eigenvalue weighted by atomic mass is 32.1. The second-order valence-electron chi connectivity index (χ2n) is 7.31. The lowest BCUT2D eigenvalue weighted by Crippen LogP contribution is -2.36. The van der Waals surface area contributed by atoms with Crippen LogP contribution in [0.2, 0.25) is 0 Å². The number of ketones is 1. The molecule has 0 unspecified atom stereocenters. The minimum Gasteiger partial charge on any atom is -0.490 e. The first-order chi connectivity index (χ1) is 15.0. The molecular weight excluding hydrogens is 418 g/mol. The maximum absolute atomic E-state index is 12.6. The van der Waals surface area contributed by atoms with E-state index < -0.39 is 5.56 Å². The highest BCUT2D eigenvalue weighted by Gasteiger charge is 2.20. The predicted octanol–water partition coefficient (Wildman–Crippen LogP) is 1.73. The Bertz CT molecular complexity index is 1180. The van der Waals surface area contributed by atoms with E-state index in [1.165, 1.54) is 21.9 Å². The quantitative estimate of drug-likeness (QED) is 0.750. The number of fused-ring (bicyclic) bond motifs is 1. The summed E-state index contributed by atoms with van der Waals surface area (Å²) in [5.41, 5.74) is 6.48. The Hall–Kier alpha value is -3.27. The van der Waals surface area contributed by atoms with Crippen molar-refractivity contribution >= 4 is 39.9 Å². The van der Waals surface area contributed by atoms with Crippen LogP contribution in [0.1, 0.15) is 36.8 Å². The maximum atomic E-state index is 12.6. The lowest BCUT2D eigenvalue weighted by atomic mass is 10.0. The van der Waals surface area contributed by atoms with Crippen molar-refractivity contribution in [3.8, 4) is 0 Å². The number of ether oxygens (including phenoxy) is 1. The van der Waals surface area contributed by atoms with Crippen LogP contribution >= 0.6 is 11.3 Å². The van der Waals surface area contributed by atoms with Crippen LogP contribution in [0.5, 0.6) is 0 Å². The summed E-state index contributed by atoms with van der Waals surface area (Å²) in [4.78, 5) is 43.3. The molecule has 1 aliphatic carbocycles. The number of piperidine rings is 1. The number of anilines is 1. The zero-order valence-corrected chi connectivity index (χ0v) is 18.0. The van der Waals surface area contributed by atoms with Crippen LogP contribution in [0, 0.1) is 0 Å². The number of hydrogen-bond acceptors (Lipinski definition) is 8. The second kappa shape index (κ2) is 8.84. The third-order valence-electron chi connectivity index (χ3n) is 5.12. The number of nitrogens with two attached hydrogens (primary N) is 1. The largest absolute Gasteiger partial charge is 0.490 e. The van der Waals surface area contributed by atoms with Gasteiger partial charge >= 0.3 is 0 Å². The number of amides is 1. The van der Waals surface area contributed by atoms with E-state index in [1.807, 2.05) is 4.90 Å². The third-order valence-corrected chi connectivity index (χ3v) is 6.03. The van der Waals surface area contributed by atoms with E-state index in [0.717, 1.165) is 32.4 Å². The van der Waals surface area contributed by atoms with Crippen LogP contribution in [0.25, 0.3) is 11.0 Å². The summed E-state index contributed by atoms with van der Waals surface area (Å²) in [5.74, 6) is 0.121. The zero-order valence-electron chi connectivity index (χ0n) is 17.2. The number of allylic oxidation sites excluding steroid dienone is 4. The highest BCUT2D eigenvalue weighted by molar-refractivity contribution is 7.16. The molecule has 10 heteroatoms. The van der Waals surface area contributed by atoms with Gasteiger partial charge in [-0.15, -0.1) is 0 Å². The summed E-state index contributed by atoms with van der Waals surface area (Å²) in [6, 6.07) is 0. The van der Waals surface area contributed by atoms with E-state index in [9.17, 15) is 14.4 Å². The minimum absolute atomic E-state index is 0.0215. The van der Waals surface area contributed by atoms with Gasteiger partial charge in [0, 0.05) is 13.1 Å².